The third kappa shape index (κ3) is 6.05. The third-order valence-electron chi connectivity index (χ3n) is 4.98. The molecule has 1 amide bonds. The van der Waals surface area contributed by atoms with Gasteiger partial charge in [0.15, 0.2) is 0 Å². The van der Waals surface area contributed by atoms with Crippen LogP contribution < -0.4 is 0 Å². The van der Waals surface area contributed by atoms with Crippen molar-refractivity contribution in [3.63, 3.8) is 0 Å². The average molecular weight is 417 g/mol. The molecule has 0 N–H and O–H groups in total. The Morgan fingerprint density at radius 3 is 2.54 bits per heavy atom. The lowest BCUT2D eigenvalue weighted by molar-refractivity contribution is -0.131. The van der Waals surface area contributed by atoms with Crippen LogP contribution in [0.4, 0.5) is 0 Å². The van der Waals surface area contributed by atoms with Gasteiger partial charge in [0.05, 0.1) is 29.1 Å². The second-order valence-electron chi connectivity index (χ2n) is 7.17. The fraction of sp³-hybridized carbons (Fsp3) is 0.429. The number of rotatable bonds is 6. The van der Waals surface area contributed by atoms with Gasteiger partial charge in [-0.1, -0.05) is 23.7 Å². The highest BCUT2D eigenvalue weighted by Crippen LogP contribution is 2.22. The van der Waals surface area contributed by atoms with Crippen LogP contribution in [0.5, 0.6) is 0 Å². The first-order valence-corrected chi connectivity index (χ1v) is 10.6. The second-order valence-corrected chi connectivity index (χ2v) is 8.97. The summed E-state index contributed by atoms with van der Waals surface area (Å²) in [6.07, 6.45) is 1.05. The van der Waals surface area contributed by atoms with Crippen molar-refractivity contribution in [2.75, 3.05) is 39.8 Å². The summed E-state index contributed by atoms with van der Waals surface area (Å²) in [4.78, 5) is 20.1. The molecule has 0 unspecified atom stereocenters. The number of nitriles is 1. The van der Waals surface area contributed by atoms with Gasteiger partial charge in [0.2, 0.25) is 5.91 Å². The first-order chi connectivity index (χ1) is 13.5. The number of benzene rings is 1. The van der Waals surface area contributed by atoms with Gasteiger partial charge >= 0.3 is 0 Å². The van der Waals surface area contributed by atoms with Gasteiger partial charge < -0.3 is 4.90 Å². The van der Waals surface area contributed by atoms with Crippen molar-refractivity contribution in [2.45, 2.75) is 19.5 Å². The summed E-state index contributed by atoms with van der Waals surface area (Å²) in [7, 11) is 1.85. The number of likely N-dealkylation sites (N-methyl/N-ethyl adjacent to an activating group) is 1. The highest BCUT2D eigenvalue weighted by Gasteiger charge is 2.19. The summed E-state index contributed by atoms with van der Waals surface area (Å²) < 4.78 is 0.755. The molecule has 148 valence electrons. The van der Waals surface area contributed by atoms with Crippen LogP contribution in [-0.2, 0) is 17.9 Å². The van der Waals surface area contributed by atoms with Crippen molar-refractivity contribution < 1.29 is 4.79 Å². The first kappa shape index (κ1) is 20.8. The van der Waals surface area contributed by atoms with Gasteiger partial charge in [-0.2, -0.15) is 5.26 Å². The molecule has 1 aromatic carbocycles. The van der Waals surface area contributed by atoms with Crippen LogP contribution in [-0.4, -0.2) is 60.4 Å². The molecular formula is C21H25ClN4OS. The van der Waals surface area contributed by atoms with Crippen LogP contribution in [0.1, 0.15) is 22.4 Å². The minimum atomic E-state index is 0.144. The SMILES string of the molecule is CN(Cc1ccc(Cl)s1)C(=O)CN1CCCN(Cc2ccc(C#N)cc2)CC1. The van der Waals surface area contributed by atoms with Crippen molar-refractivity contribution in [3.05, 3.63) is 56.7 Å². The molecule has 3 rings (SSSR count). The molecule has 5 nitrogen and oxygen atoms in total. The maximum atomic E-state index is 12.6. The van der Waals surface area contributed by atoms with Gasteiger partial charge in [-0.15, -0.1) is 11.3 Å². The summed E-state index contributed by atoms with van der Waals surface area (Å²) in [6, 6.07) is 13.8. The van der Waals surface area contributed by atoms with E-state index in [1.54, 1.807) is 4.90 Å². The number of hydrogen-bond acceptors (Lipinski definition) is 5. The van der Waals surface area contributed by atoms with Crippen LogP contribution in [0.3, 0.4) is 0 Å². The molecule has 0 aliphatic carbocycles. The van der Waals surface area contributed by atoms with Crippen LogP contribution in [0.2, 0.25) is 4.34 Å². The predicted molar refractivity (Wildman–Crippen MR) is 113 cm³/mol. The smallest absolute Gasteiger partial charge is 0.236 e. The van der Waals surface area contributed by atoms with Crippen molar-refractivity contribution >= 4 is 28.8 Å². The summed E-state index contributed by atoms with van der Waals surface area (Å²) in [5, 5.41) is 8.91. The molecule has 0 atom stereocenters. The lowest BCUT2D eigenvalue weighted by Gasteiger charge is -2.24. The minimum absolute atomic E-state index is 0.144. The van der Waals surface area contributed by atoms with Crippen molar-refractivity contribution in [3.8, 4) is 6.07 Å². The summed E-state index contributed by atoms with van der Waals surface area (Å²) in [5.41, 5.74) is 1.91. The third-order valence-corrected chi connectivity index (χ3v) is 6.19. The Morgan fingerprint density at radius 1 is 1.14 bits per heavy atom. The molecule has 0 radical (unpaired) electrons. The van der Waals surface area contributed by atoms with E-state index in [-0.39, 0.29) is 5.91 Å². The molecule has 1 fully saturated rings. The Kier molecular flexibility index (Phi) is 7.46. The molecule has 2 aromatic rings. The molecule has 7 heteroatoms. The lowest BCUT2D eigenvalue weighted by Crippen LogP contribution is -2.39. The zero-order chi connectivity index (χ0) is 19.9. The summed E-state index contributed by atoms with van der Waals surface area (Å²) >= 11 is 7.49. The largest absolute Gasteiger partial charge is 0.340 e. The number of halogens is 1. The van der Waals surface area contributed by atoms with E-state index >= 15 is 0 Å². The van der Waals surface area contributed by atoms with Gasteiger partial charge in [-0.3, -0.25) is 14.6 Å². The Labute approximate surface area is 175 Å². The topological polar surface area (TPSA) is 50.6 Å². The molecule has 1 aromatic heterocycles. The highest BCUT2D eigenvalue weighted by molar-refractivity contribution is 7.16. The Bertz CT molecular complexity index is 830. The van der Waals surface area contributed by atoms with Crippen LogP contribution in [0.15, 0.2) is 36.4 Å². The molecule has 2 heterocycles. The molecule has 0 saturated carbocycles. The molecular weight excluding hydrogens is 392 g/mol. The van der Waals surface area contributed by atoms with E-state index in [0.29, 0.717) is 18.7 Å². The molecule has 0 bridgehead atoms. The van der Waals surface area contributed by atoms with E-state index < -0.39 is 0 Å². The normalized spacial score (nSPS) is 15.8. The molecule has 1 saturated heterocycles. The van der Waals surface area contributed by atoms with Gasteiger partial charge in [0.1, 0.15) is 0 Å². The fourth-order valence-electron chi connectivity index (χ4n) is 3.35. The van der Waals surface area contributed by atoms with E-state index in [1.165, 1.54) is 16.9 Å². The Balaban J connectivity index is 1.46. The highest BCUT2D eigenvalue weighted by atomic mass is 35.5. The van der Waals surface area contributed by atoms with Gasteiger partial charge in [0, 0.05) is 31.6 Å². The van der Waals surface area contributed by atoms with Crippen molar-refractivity contribution in [1.82, 2.24) is 14.7 Å². The molecule has 0 spiro atoms. The second kappa shape index (κ2) is 10.0. The number of nitrogens with zero attached hydrogens (tertiary/aromatic N) is 4. The van der Waals surface area contributed by atoms with E-state index in [9.17, 15) is 4.79 Å². The number of hydrogen-bond donors (Lipinski definition) is 0. The quantitative estimate of drug-likeness (QED) is 0.723. The van der Waals surface area contributed by atoms with E-state index in [1.807, 2.05) is 43.4 Å². The standard InChI is InChI=1S/C21H25ClN4OS/c1-24(15-19-7-8-20(22)28-19)21(27)16-26-10-2-9-25(11-12-26)14-18-5-3-17(13-23)4-6-18/h3-8H,2,9-12,14-16H2,1H3. The maximum Gasteiger partial charge on any atom is 0.236 e. The number of carbonyl (C=O) groups excluding carboxylic acids is 1. The Morgan fingerprint density at radius 2 is 1.86 bits per heavy atom. The van der Waals surface area contributed by atoms with Crippen molar-refractivity contribution in [1.29, 1.82) is 5.26 Å². The number of amides is 1. The monoisotopic (exact) mass is 416 g/mol. The van der Waals surface area contributed by atoms with Crippen LogP contribution >= 0.6 is 22.9 Å². The minimum Gasteiger partial charge on any atom is -0.340 e. The van der Waals surface area contributed by atoms with Crippen LogP contribution in [0.25, 0.3) is 0 Å². The van der Waals surface area contributed by atoms with E-state index in [4.69, 9.17) is 16.9 Å². The van der Waals surface area contributed by atoms with Gasteiger partial charge in [-0.05, 0) is 49.3 Å². The average Bonchev–Trinajstić information content (AvgIpc) is 2.97. The Hall–Kier alpha value is -1.91. The number of thiophene rings is 1. The lowest BCUT2D eigenvalue weighted by atomic mass is 10.1. The van der Waals surface area contributed by atoms with E-state index in [0.717, 1.165) is 48.4 Å². The fourth-order valence-corrected chi connectivity index (χ4v) is 4.50. The summed E-state index contributed by atoms with van der Waals surface area (Å²) in [6.45, 7) is 5.74. The van der Waals surface area contributed by atoms with Crippen molar-refractivity contribution in [2.24, 2.45) is 0 Å². The molecule has 1 aliphatic rings. The van der Waals surface area contributed by atoms with Crippen LogP contribution in [0, 0.1) is 11.3 Å². The first-order valence-electron chi connectivity index (χ1n) is 9.45. The van der Waals surface area contributed by atoms with E-state index in [2.05, 4.69) is 15.9 Å². The maximum absolute atomic E-state index is 12.6. The number of carbonyl (C=O) groups is 1. The summed E-state index contributed by atoms with van der Waals surface area (Å²) in [5.74, 6) is 0.144. The zero-order valence-electron chi connectivity index (χ0n) is 16.1. The van der Waals surface area contributed by atoms with Gasteiger partial charge in [0.25, 0.3) is 0 Å². The van der Waals surface area contributed by atoms with Gasteiger partial charge in [-0.25, -0.2) is 0 Å². The zero-order valence-corrected chi connectivity index (χ0v) is 17.7. The molecule has 1 aliphatic heterocycles. The predicted octanol–water partition coefficient (Wildman–Crippen LogP) is 3.44. The molecule has 28 heavy (non-hydrogen) atoms.